The molecule has 3 rings (SSSR count). The Labute approximate surface area is 515 Å². The Morgan fingerprint density at radius 3 is 1.37 bits per heavy atom. The second-order valence-electron chi connectivity index (χ2n) is 19.9. The molecule has 25 heteroatoms. The zero-order valence-electron chi connectivity index (χ0n) is 50.4. The molecule has 462 valence electrons. The molecule has 23 nitrogen and oxygen atoms in total. The molecule has 0 aliphatic heterocycles. The van der Waals surface area contributed by atoms with E-state index < -0.39 is 29.7 Å². The van der Waals surface area contributed by atoms with Crippen LogP contribution >= 0.6 is 0 Å². The molecule has 2 aromatic rings. The van der Waals surface area contributed by atoms with E-state index in [4.69, 9.17) is 54.4 Å². The first-order valence-electron chi connectivity index (χ1n) is 28.1. The quantitative estimate of drug-likeness (QED) is 0.0420. The van der Waals surface area contributed by atoms with Crippen molar-refractivity contribution in [1.82, 2.24) is 16.0 Å². The summed E-state index contributed by atoms with van der Waals surface area (Å²) in [5.41, 5.74) is 9.17. The Balaban J connectivity index is 0.00000179. The summed E-state index contributed by atoms with van der Waals surface area (Å²) in [4.78, 5) is 106. The minimum Gasteiger partial charge on any atom is -0.458 e. The number of hydrogen-bond donors (Lipinski definition) is 4. The summed E-state index contributed by atoms with van der Waals surface area (Å²) in [5.74, 6) is -1.52. The molecule has 2 radical (unpaired) electrons. The van der Waals surface area contributed by atoms with Gasteiger partial charge in [-0.1, -0.05) is 48.5 Å². The summed E-state index contributed by atoms with van der Waals surface area (Å²) in [7, 11) is 3.75. The number of Topliss-reactive ketones (excluding diaryl/α,β-unsaturated/α-hetero) is 5. The molecule has 0 heterocycles. The average molecular weight is 1400 g/mol. The molecule has 0 unspecified atom stereocenters. The van der Waals surface area contributed by atoms with Crippen LogP contribution in [0.3, 0.4) is 0 Å². The summed E-state index contributed by atoms with van der Waals surface area (Å²) in [6, 6.07) is 14.4. The van der Waals surface area contributed by atoms with Gasteiger partial charge in [-0.15, -0.1) is 0 Å². The van der Waals surface area contributed by atoms with Crippen LogP contribution in [0.4, 0.5) is 4.79 Å². The summed E-state index contributed by atoms with van der Waals surface area (Å²) < 4.78 is 58.4. The first-order valence-corrected chi connectivity index (χ1v) is 27.5. The first kappa shape index (κ1) is 76.2. The van der Waals surface area contributed by atoms with E-state index in [1.807, 2.05) is 36.4 Å². The van der Waals surface area contributed by atoms with E-state index in [2.05, 4.69) is 36.5 Å². The molecule has 0 fully saturated rings. The maximum absolute atomic E-state index is 13.0. The minimum atomic E-state index is -1.06. The van der Waals surface area contributed by atoms with Gasteiger partial charge in [-0.05, 0) is 90.8 Å². The van der Waals surface area contributed by atoms with Crippen LogP contribution < -0.4 is 21.7 Å². The largest absolute Gasteiger partial charge is 0.458 e. The molecule has 0 saturated heterocycles. The van der Waals surface area contributed by atoms with Crippen LogP contribution in [0.1, 0.15) is 110 Å². The number of carbonyl (C=O) groups excluding carboxylic acids is 9. The fraction of sp³-hybridized carbons (Fsp3) is 0.638. The fourth-order valence-corrected chi connectivity index (χ4v) is 7.49. The number of ketones is 5. The first-order chi connectivity index (χ1) is 39.8. The van der Waals surface area contributed by atoms with Crippen molar-refractivity contribution >= 4 is 61.2 Å². The molecular formula is C58H89BN4O19U. The zero-order chi connectivity index (χ0) is 61.7. The number of esters is 1. The molecule has 2 atom stereocenters. The second kappa shape index (κ2) is 47.5. The molecule has 0 bridgehead atoms. The van der Waals surface area contributed by atoms with Crippen molar-refractivity contribution < 1.29 is 122 Å². The topological polar surface area (TPSA) is 308 Å². The van der Waals surface area contributed by atoms with Gasteiger partial charge in [0.1, 0.15) is 62.0 Å². The number of carbonyl (C=O) groups is 9. The molecule has 83 heavy (non-hydrogen) atoms. The number of hydrogen-bond acceptors (Lipinski definition) is 20. The summed E-state index contributed by atoms with van der Waals surface area (Å²) in [5, 5.41) is 7.94. The molecule has 1 aliphatic carbocycles. The second-order valence-corrected chi connectivity index (χ2v) is 19.9. The number of nitrogens with two attached hydrogens (primary N) is 1. The average Bonchev–Trinajstić information content (AvgIpc) is 3.27. The number of rotatable bonds is 45. The number of fused-ring (bicyclic) bond motifs is 3. The van der Waals surface area contributed by atoms with E-state index in [9.17, 15) is 43.2 Å². The van der Waals surface area contributed by atoms with Gasteiger partial charge in [0.15, 0.2) is 11.6 Å². The number of nitrogens with one attached hydrogen (secondary N) is 3. The van der Waals surface area contributed by atoms with Crippen LogP contribution in [-0.2, 0) is 85.7 Å². The van der Waals surface area contributed by atoms with Crippen LogP contribution in [0.25, 0.3) is 11.1 Å². The zero-order valence-corrected chi connectivity index (χ0v) is 53.5. The normalized spacial score (nSPS) is 12.2. The van der Waals surface area contributed by atoms with E-state index in [0.29, 0.717) is 105 Å². The SMILES string of the molecule is CC(=O)COCCOCCNC(=O)COCCOCCCC(=O)CC[C@H](N)C(C)=O.CC(=O)COCCOCCNC(=O)COCCOCCCC(=O)CC[C@H](NC(=O)OCC1c2ccccc2-c2ccccc21)C(=O)OC(C)(C)C.[2H][B].[U]. The number of alkyl carbamates (subject to hydrolysis) is 1. The van der Waals surface area contributed by atoms with Crippen molar-refractivity contribution in [3.8, 4) is 11.1 Å². The minimum absolute atomic E-state index is 0. The Hall–Kier alpha value is -4.77. The Kier molecular flexibility index (Phi) is 43.6. The third kappa shape index (κ3) is 39.5. The van der Waals surface area contributed by atoms with Gasteiger partial charge in [0, 0.05) is 97.4 Å². The number of ether oxygens (including phenoxy) is 10. The molecule has 0 saturated carbocycles. The van der Waals surface area contributed by atoms with Crippen LogP contribution in [0.15, 0.2) is 48.5 Å². The Morgan fingerprint density at radius 1 is 0.554 bits per heavy atom. The van der Waals surface area contributed by atoms with E-state index >= 15 is 0 Å². The maximum Gasteiger partial charge on any atom is 0.407 e. The smallest absolute Gasteiger partial charge is 0.407 e. The summed E-state index contributed by atoms with van der Waals surface area (Å²) in [6.07, 6.45) is 1.74. The summed E-state index contributed by atoms with van der Waals surface area (Å²) in [6.45, 7) is 14.0. The van der Waals surface area contributed by atoms with Crippen molar-refractivity contribution in [2.24, 2.45) is 5.73 Å². The van der Waals surface area contributed by atoms with Crippen LogP contribution in [0.5, 0.6) is 0 Å². The number of amides is 3. The molecular weight excluding hydrogens is 1310 g/mol. The molecule has 3 amide bonds. The summed E-state index contributed by atoms with van der Waals surface area (Å²) >= 11 is 0. The van der Waals surface area contributed by atoms with Crippen molar-refractivity contribution in [3.05, 3.63) is 59.7 Å². The van der Waals surface area contributed by atoms with Crippen LogP contribution in [0, 0.1) is 31.1 Å². The van der Waals surface area contributed by atoms with Gasteiger partial charge in [-0.3, -0.25) is 33.6 Å². The van der Waals surface area contributed by atoms with E-state index in [1.54, 1.807) is 20.8 Å². The van der Waals surface area contributed by atoms with Gasteiger partial charge in [0.2, 0.25) is 11.8 Å². The van der Waals surface area contributed by atoms with E-state index in [-0.39, 0.29) is 150 Å². The predicted molar refractivity (Wildman–Crippen MR) is 305 cm³/mol. The number of benzene rings is 2. The standard InChI is InChI=1S/C38H52N2O11.C20H36N2O8.BH.U/c1-27(41)24-48-22-21-47-19-17-39-35(43)26-49-23-20-46-18-9-10-28(42)15-16-34(36(44)51-38(2,3)4)40-37(45)50-25-33-31-13-7-5-11-29(31)30-12-6-8-14-32(30)33;1-16(23)14-29-12-11-28-9-7-22-20(26)15-30-13-10-27-8-3-4-18(25)5-6-19(21)17(2)24;;/h5-8,11-14,33-34H,9-10,15-26H2,1-4H3,(H,39,43)(H,40,45);19H,3-15,21H2,1-2H3,(H,22,26);1H;/t34-;19-;;/m00../s1/i;;1D;. The molecule has 0 aromatic heterocycles. The van der Waals surface area contributed by atoms with Gasteiger partial charge >= 0.3 is 12.1 Å². The third-order valence-electron chi connectivity index (χ3n) is 11.5. The molecule has 5 N–H and O–H groups in total. The van der Waals surface area contributed by atoms with E-state index in [0.717, 1.165) is 22.3 Å². The van der Waals surface area contributed by atoms with Crippen molar-refractivity contribution in [1.29, 1.82) is 1.34 Å². The van der Waals surface area contributed by atoms with Gasteiger partial charge in [0.05, 0.1) is 72.1 Å². The van der Waals surface area contributed by atoms with Gasteiger partial charge in [-0.25, -0.2) is 9.59 Å². The Morgan fingerprint density at radius 2 is 0.952 bits per heavy atom. The van der Waals surface area contributed by atoms with Crippen molar-refractivity contribution in [3.63, 3.8) is 0 Å². The van der Waals surface area contributed by atoms with Crippen molar-refractivity contribution in [2.45, 2.75) is 117 Å². The predicted octanol–water partition coefficient (Wildman–Crippen LogP) is 3.29. The molecule has 0 spiro atoms. The Bertz CT molecular complexity index is 2200. The third-order valence-corrected chi connectivity index (χ3v) is 11.5. The van der Waals surface area contributed by atoms with Gasteiger partial charge in [0.25, 0.3) is 0 Å². The van der Waals surface area contributed by atoms with E-state index in [1.165, 1.54) is 20.8 Å². The molecule has 1 aliphatic rings. The van der Waals surface area contributed by atoms with Crippen LogP contribution in [-0.4, -0.2) is 206 Å². The van der Waals surface area contributed by atoms with Gasteiger partial charge < -0.3 is 69.1 Å². The maximum atomic E-state index is 13.0. The fourth-order valence-electron chi connectivity index (χ4n) is 7.49. The molecule has 2 aromatic carbocycles. The van der Waals surface area contributed by atoms with Gasteiger partial charge in [-0.2, -0.15) is 0 Å². The van der Waals surface area contributed by atoms with Crippen molar-refractivity contribution in [2.75, 3.05) is 125 Å². The van der Waals surface area contributed by atoms with Crippen LogP contribution in [0.2, 0.25) is 0 Å². The monoisotopic (exact) mass is 1400 g/mol.